The lowest BCUT2D eigenvalue weighted by Crippen LogP contribution is -2.18. The Morgan fingerprint density at radius 1 is 1.19 bits per heavy atom. The van der Waals surface area contributed by atoms with Crippen LogP contribution in [0, 0.1) is 0 Å². The number of hydrogen-bond acceptors (Lipinski definition) is 4. The van der Waals surface area contributed by atoms with Crippen LogP contribution in [0.15, 0.2) is 60.0 Å². The van der Waals surface area contributed by atoms with Gasteiger partial charge in [-0.2, -0.15) is 13.2 Å². The number of nitrogens with zero attached hydrogens (tertiary/aromatic N) is 3. The zero-order valence-corrected chi connectivity index (χ0v) is 15.1. The van der Waals surface area contributed by atoms with E-state index in [0.717, 1.165) is 17.8 Å². The third-order valence-corrected chi connectivity index (χ3v) is 4.62. The molecule has 3 aromatic rings. The van der Waals surface area contributed by atoms with E-state index in [2.05, 4.69) is 15.5 Å². The molecule has 0 aliphatic heterocycles. The Bertz CT molecular complexity index is 961. The van der Waals surface area contributed by atoms with E-state index >= 15 is 0 Å². The third kappa shape index (κ3) is 4.81. The highest BCUT2D eigenvalue weighted by Crippen LogP contribution is 2.34. The number of amides is 1. The van der Waals surface area contributed by atoms with Crippen molar-refractivity contribution in [3.8, 4) is 5.69 Å². The minimum absolute atomic E-state index is 0.133. The zero-order chi connectivity index (χ0) is 19.4. The van der Waals surface area contributed by atoms with Gasteiger partial charge in [0, 0.05) is 5.02 Å². The highest BCUT2D eigenvalue weighted by molar-refractivity contribution is 7.99. The molecule has 1 N–H and O–H groups in total. The fraction of sp³-hybridized carbons (Fsp3) is 0.118. The molecule has 5 nitrogen and oxygen atoms in total. The van der Waals surface area contributed by atoms with Gasteiger partial charge in [0.05, 0.1) is 22.7 Å². The largest absolute Gasteiger partial charge is 0.418 e. The molecular formula is C17H12ClF3N4OS. The van der Waals surface area contributed by atoms with Gasteiger partial charge in [-0.25, -0.2) is 0 Å². The smallest absolute Gasteiger partial charge is 0.325 e. The number of thioether (sulfide) groups is 1. The van der Waals surface area contributed by atoms with Crippen molar-refractivity contribution in [1.82, 2.24) is 14.8 Å². The minimum atomic E-state index is -4.55. The second-order valence-electron chi connectivity index (χ2n) is 5.34. The van der Waals surface area contributed by atoms with Gasteiger partial charge >= 0.3 is 6.18 Å². The molecule has 1 aromatic heterocycles. The number of benzene rings is 2. The number of nitrogens with one attached hydrogen (secondary N) is 1. The fourth-order valence-corrected chi connectivity index (χ4v) is 3.20. The highest BCUT2D eigenvalue weighted by atomic mass is 35.5. The molecule has 0 saturated carbocycles. The number of carbonyl (C=O) groups excluding carboxylic acids is 1. The van der Waals surface area contributed by atoms with Crippen LogP contribution in [0.3, 0.4) is 0 Å². The van der Waals surface area contributed by atoms with E-state index < -0.39 is 17.6 Å². The van der Waals surface area contributed by atoms with Crippen LogP contribution in [0.5, 0.6) is 0 Å². The molecular weight excluding hydrogens is 401 g/mol. The number of anilines is 1. The average molecular weight is 413 g/mol. The summed E-state index contributed by atoms with van der Waals surface area (Å²) in [4.78, 5) is 12.1. The molecule has 0 saturated heterocycles. The van der Waals surface area contributed by atoms with E-state index in [1.807, 2.05) is 0 Å². The first kappa shape index (κ1) is 19.2. The maximum absolute atomic E-state index is 13.0. The Kier molecular flexibility index (Phi) is 5.71. The van der Waals surface area contributed by atoms with Crippen molar-refractivity contribution in [3.63, 3.8) is 0 Å². The predicted molar refractivity (Wildman–Crippen MR) is 97.2 cm³/mol. The molecule has 0 unspecified atom stereocenters. The standard InChI is InChI=1S/C17H12ClF3N4OS/c18-11-4-3-5-12(8-11)25-10-22-24-16(25)27-9-15(26)23-14-7-2-1-6-13(14)17(19,20)21/h1-8,10H,9H2,(H,23,26). The fourth-order valence-electron chi connectivity index (χ4n) is 2.28. The summed E-state index contributed by atoms with van der Waals surface area (Å²) in [6.07, 6.45) is -3.09. The molecule has 2 aromatic carbocycles. The van der Waals surface area contributed by atoms with Gasteiger partial charge in [-0.05, 0) is 30.3 Å². The number of aromatic nitrogens is 3. The summed E-state index contributed by atoms with van der Waals surface area (Å²) >= 11 is 7.01. The lowest BCUT2D eigenvalue weighted by atomic mass is 10.1. The second kappa shape index (κ2) is 8.01. The number of hydrogen-bond donors (Lipinski definition) is 1. The van der Waals surface area contributed by atoms with Gasteiger partial charge in [-0.3, -0.25) is 9.36 Å². The van der Waals surface area contributed by atoms with E-state index in [9.17, 15) is 18.0 Å². The summed E-state index contributed by atoms with van der Waals surface area (Å²) in [5.74, 6) is -0.719. The molecule has 1 heterocycles. The van der Waals surface area contributed by atoms with Crippen LogP contribution in [0.1, 0.15) is 5.56 Å². The Labute approximate surface area is 161 Å². The monoisotopic (exact) mass is 412 g/mol. The molecule has 0 aliphatic rings. The number of rotatable bonds is 5. The SMILES string of the molecule is O=C(CSc1nncn1-c1cccc(Cl)c1)Nc1ccccc1C(F)(F)F. The van der Waals surface area contributed by atoms with E-state index in [1.165, 1.54) is 24.5 Å². The van der Waals surface area contributed by atoms with Crippen molar-refractivity contribution in [2.24, 2.45) is 0 Å². The number of halogens is 4. The lowest BCUT2D eigenvalue weighted by molar-refractivity contribution is -0.137. The van der Waals surface area contributed by atoms with Crippen molar-refractivity contribution < 1.29 is 18.0 Å². The quantitative estimate of drug-likeness (QED) is 0.619. The molecule has 27 heavy (non-hydrogen) atoms. The topological polar surface area (TPSA) is 59.8 Å². The molecule has 3 rings (SSSR count). The van der Waals surface area contributed by atoms with Crippen LogP contribution in [-0.4, -0.2) is 26.4 Å². The molecule has 0 aliphatic carbocycles. The van der Waals surface area contributed by atoms with Crippen LogP contribution in [-0.2, 0) is 11.0 Å². The van der Waals surface area contributed by atoms with Gasteiger partial charge in [0.15, 0.2) is 5.16 Å². The maximum atomic E-state index is 13.0. The first-order valence-electron chi connectivity index (χ1n) is 7.59. The van der Waals surface area contributed by atoms with Crippen molar-refractivity contribution in [2.75, 3.05) is 11.1 Å². The van der Waals surface area contributed by atoms with Crippen LogP contribution >= 0.6 is 23.4 Å². The second-order valence-corrected chi connectivity index (χ2v) is 6.72. The molecule has 0 bridgehead atoms. The summed E-state index contributed by atoms with van der Waals surface area (Å²) in [5.41, 5.74) is -0.477. The molecule has 0 atom stereocenters. The van der Waals surface area contributed by atoms with E-state index in [4.69, 9.17) is 11.6 Å². The van der Waals surface area contributed by atoms with Crippen LogP contribution in [0.4, 0.5) is 18.9 Å². The van der Waals surface area contributed by atoms with Gasteiger partial charge in [-0.1, -0.05) is 41.6 Å². The summed E-state index contributed by atoms with van der Waals surface area (Å²) in [6, 6.07) is 11.8. The Morgan fingerprint density at radius 3 is 2.70 bits per heavy atom. The van der Waals surface area contributed by atoms with Crippen LogP contribution < -0.4 is 5.32 Å². The van der Waals surface area contributed by atoms with E-state index in [1.54, 1.807) is 28.8 Å². The predicted octanol–water partition coefficient (Wildman–Crippen LogP) is 4.67. The summed E-state index contributed by atoms with van der Waals surface area (Å²) in [5, 5.41) is 11.0. The van der Waals surface area contributed by atoms with Crippen molar-refractivity contribution in [2.45, 2.75) is 11.3 Å². The van der Waals surface area contributed by atoms with Gasteiger partial charge in [0.1, 0.15) is 6.33 Å². The Morgan fingerprint density at radius 2 is 1.96 bits per heavy atom. The first-order valence-corrected chi connectivity index (χ1v) is 8.96. The van der Waals surface area contributed by atoms with Gasteiger partial charge in [-0.15, -0.1) is 10.2 Å². The number of carbonyl (C=O) groups is 1. The van der Waals surface area contributed by atoms with E-state index in [-0.39, 0.29) is 11.4 Å². The summed E-state index contributed by atoms with van der Waals surface area (Å²) in [7, 11) is 0. The average Bonchev–Trinajstić information content (AvgIpc) is 3.08. The molecule has 0 radical (unpaired) electrons. The lowest BCUT2D eigenvalue weighted by Gasteiger charge is -2.13. The number of para-hydroxylation sites is 1. The summed E-state index contributed by atoms with van der Waals surface area (Å²) in [6.45, 7) is 0. The number of alkyl halides is 3. The van der Waals surface area contributed by atoms with Crippen molar-refractivity contribution in [1.29, 1.82) is 0 Å². The minimum Gasteiger partial charge on any atom is -0.325 e. The first-order chi connectivity index (χ1) is 12.8. The van der Waals surface area contributed by atoms with Crippen LogP contribution in [0.25, 0.3) is 5.69 Å². The molecule has 1 amide bonds. The maximum Gasteiger partial charge on any atom is 0.418 e. The van der Waals surface area contributed by atoms with Crippen LogP contribution in [0.2, 0.25) is 5.02 Å². The molecule has 140 valence electrons. The third-order valence-electron chi connectivity index (χ3n) is 3.44. The molecule has 0 fully saturated rings. The summed E-state index contributed by atoms with van der Waals surface area (Å²) < 4.78 is 40.6. The van der Waals surface area contributed by atoms with Gasteiger partial charge in [0.2, 0.25) is 5.91 Å². The van der Waals surface area contributed by atoms with Gasteiger partial charge < -0.3 is 5.32 Å². The van der Waals surface area contributed by atoms with E-state index in [0.29, 0.717) is 15.9 Å². The highest BCUT2D eigenvalue weighted by Gasteiger charge is 2.33. The Balaban J connectivity index is 1.69. The van der Waals surface area contributed by atoms with Crippen molar-refractivity contribution in [3.05, 3.63) is 65.4 Å². The Hall–Kier alpha value is -2.52. The normalized spacial score (nSPS) is 11.4. The zero-order valence-electron chi connectivity index (χ0n) is 13.6. The molecule has 0 spiro atoms. The van der Waals surface area contributed by atoms with Crippen molar-refractivity contribution >= 4 is 35.0 Å². The van der Waals surface area contributed by atoms with Gasteiger partial charge in [0.25, 0.3) is 0 Å². The molecule has 10 heteroatoms.